The number of nitro groups is 1. The Hall–Kier alpha value is -4.54. The fourth-order valence-electron chi connectivity index (χ4n) is 4.28. The molecule has 8 nitrogen and oxygen atoms in total. The van der Waals surface area contributed by atoms with Crippen molar-refractivity contribution in [1.29, 1.82) is 0 Å². The summed E-state index contributed by atoms with van der Waals surface area (Å²) in [7, 11) is 0. The first kappa shape index (κ1) is 22.3. The first-order valence-corrected chi connectivity index (χ1v) is 10.4. The van der Waals surface area contributed by atoms with Crippen LogP contribution < -0.4 is 9.91 Å². The van der Waals surface area contributed by atoms with Crippen LogP contribution in [0.4, 0.5) is 30.2 Å². The average molecular weight is 480 g/mol. The van der Waals surface area contributed by atoms with Gasteiger partial charge in [-0.1, -0.05) is 24.3 Å². The third-order valence-corrected chi connectivity index (χ3v) is 5.88. The molecule has 0 unspecified atom stereocenters. The van der Waals surface area contributed by atoms with Gasteiger partial charge < -0.3 is 0 Å². The zero-order chi connectivity index (χ0) is 24.9. The quantitative estimate of drug-likeness (QED) is 0.313. The smallest absolute Gasteiger partial charge is 0.273 e. The number of hydrogen-bond donors (Lipinski definition) is 0. The molecule has 3 aromatic rings. The lowest BCUT2D eigenvalue weighted by Crippen LogP contribution is -2.39. The Labute approximate surface area is 196 Å². The average Bonchev–Trinajstić information content (AvgIpc) is 3.36. The second kappa shape index (κ2) is 8.05. The molecule has 176 valence electrons. The Morgan fingerprint density at radius 1 is 0.857 bits per heavy atom. The largest absolute Gasteiger partial charge is 0.416 e. The number of nitro benzene ring substituents is 1. The first-order chi connectivity index (χ1) is 16.7. The molecule has 0 N–H and O–H groups in total. The summed E-state index contributed by atoms with van der Waals surface area (Å²) < 4.78 is 39.8. The van der Waals surface area contributed by atoms with Crippen LogP contribution in [0.15, 0.2) is 84.0 Å². The number of alkyl halides is 3. The Bertz CT molecular complexity index is 1370. The normalized spacial score (nSPS) is 19.7. The van der Waals surface area contributed by atoms with Gasteiger partial charge in [0.05, 0.1) is 27.6 Å². The predicted molar refractivity (Wildman–Crippen MR) is 120 cm³/mol. The third-order valence-electron chi connectivity index (χ3n) is 5.88. The number of non-ortho nitro benzene ring substituents is 1. The number of amides is 2. The molecular formula is C24H15F3N4O4. The summed E-state index contributed by atoms with van der Waals surface area (Å²) in [6, 6.07) is 16.8. The zero-order valence-electron chi connectivity index (χ0n) is 17.7. The van der Waals surface area contributed by atoms with E-state index in [0.717, 1.165) is 23.1 Å². The standard InChI is InChI=1S/C24H15F3N4O4/c25-24(26,27)15-5-4-8-18(13-15)29-22(32)19-20(14-9-11-17(12-10-14)31(34)35)28-30(21(19)23(29)33)16-6-2-1-3-7-16/h1-13,19,21H/t19-,21+/m1/s1. The molecule has 0 saturated carbocycles. The Morgan fingerprint density at radius 2 is 1.51 bits per heavy atom. The van der Waals surface area contributed by atoms with Gasteiger partial charge in [-0.05, 0) is 48.0 Å². The molecule has 0 bridgehead atoms. The lowest BCUT2D eigenvalue weighted by Gasteiger charge is -2.22. The minimum absolute atomic E-state index is 0.164. The second-order valence-corrected chi connectivity index (χ2v) is 7.95. The molecule has 5 rings (SSSR count). The van der Waals surface area contributed by atoms with E-state index in [2.05, 4.69) is 5.10 Å². The molecule has 11 heteroatoms. The number of imide groups is 1. The molecule has 1 fully saturated rings. The summed E-state index contributed by atoms with van der Waals surface area (Å²) in [5, 5.41) is 16.9. The minimum atomic E-state index is -4.65. The molecule has 2 heterocycles. The molecule has 2 aliphatic rings. The number of nitrogens with zero attached hydrogens (tertiary/aromatic N) is 4. The number of halogens is 3. The number of fused-ring (bicyclic) bond motifs is 1. The lowest BCUT2D eigenvalue weighted by molar-refractivity contribution is -0.384. The summed E-state index contributed by atoms with van der Waals surface area (Å²) >= 11 is 0. The molecule has 2 aliphatic heterocycles. The summed E-state index contributed by atoms with van der Waals surface area (Å²) in [6.45, 7) is 0. The van der Waals surface area contributed by atoms with E-state index in [4.69, 9.17) is 0 Å². The Morgan fingerprint density at radius 3 is 2.14 bits per heavy atom. The number of hydrogen-bond acceptors (Lipinski definition) is 6. The summed E-state index contributed by atoms with van der Waals surface area (Å²) in [6.07, 6.45) is -4.65. The van der Waals surface area contributed by atoms with Crippen LogP contribution in [-0.2, 0) is 15.8 Å². The third kappa shape index (κ3) is 3.70. The van der Waals surface area contributed by atoms with Crippen LogP contribution in [0.25, 0.3) is 0 Å². The van der Waals surface area contributed by atoms with E-state index in [0.29, 0.717) is 11.3 Å². The minimum Gasteiger partial charge on any atom is -0.273 e. The van der Waals surface area contributed by atoms with Crippen LogP contribution in [0, 0.1) is 16.0 Å². The van der Waals surface area contributed by atoms with Crippen molar-refractivity contribution in [2.75, 3.05) is 9.91 Å². The Kier molecular flexibility index (Phi) is 5.12. The molecule has 2 atom stereocenters. The van der Waals surface area contributed by atoms with Gasteiger partial charge in [0.1, 0.15) is 12.0 Å². The molecule has 35 heavy (non-hydrogen) atoms. The van der Waals surface area contributed by atoms with Gasteiger partial charge in [-0.3, -0.25) is 24.7 Å². The number of anilines is 2. The predicted octanol–water partition coefficient (Wildman–Crippen LogP) is 4.40. The van der Waals surface area contributed by atoms with E-state index in [1.165, 1.54) is 35.3 Å². The maximum atomic E-state index is 13.5. The van der Waals surface area contributed by atoms with E-state index in [-0.39, 0.29) is 17.1 Å². The van der Waals surface area contributed by atoms with Crippen LogP contribution in [0.5, 0.6) is 0 Å². The molecule has 0 radical (unpaired) electrons. The summed E-state index contributed by atoms with van der Waals surface area (Å²) in [5.41, 5.74) is -0.260. The number of rotatable bonds is 4. The van der Waals surface area contributed by atoms with Crippen molar-refractivity contribution < 1.29 is 27.7 Å². The maximum absolute atomic E-state index is 13.5. The van der Waals surface area contributed by atoms with Crippen LogP contribution >= 0.6 is 0 Å². The van der Waals surface area contributed by atoms with Crippen LogP contribution in [0.2, 0.25) is 0 Å². The van der Waals surface area contributed by atoms with E-state index in [1.807, 2.05) is 0 Å². The van der Waals surface area contributed by atoms with Gasteiger partial charge in [-0.2, -0.15) is 18.3 Å². The second-order valence-electron chi connectivity index (χ2n) is 7.95. The van der Waals surface area contributed by atoms with Crippen molar-refractivity contribution in [3.8, 4) is 0 Å². The van der Waals surface area contributed by atoms with Crippen molar-refractivity contribution in [1.82, 2.24) is 0 Å². The molecule has 0 aromatic heterocycles. The topological polar surface area (TPSA) is 96.1 Å². The molecule has 0 aliphatic carbocycles. The molecular weight excluding hydrogens is 465 g/mol. The number of carbonyl (C=O) groups is 2. The van der Waals surface area contributed by atoms with Gasteiger partial charge in [0.25, 0.3) is 11.6 Å². The van der Waals surface area contributed by atoms with Crippen LogP contribution in [0.1, 0.15) is 11.1 Å². The highest BCUT2D eigenvalue weighted by atomic mass is 19.4. The highest BCUT2D eigenvalue weighted by Gasteiger charge is 2.57. The van der Waals surface area contributed by atoms with Crippen molar-refractivity contribution in [2.24, 2.45) is 11.0 Å². The first-order valence-electron chi connectivity index (χ1n) is 10.4. The monoisotopic (exact) mass is 480 g/mol. The fraction of sp³-hybridized carbons (Fsp3) is 0.125. The molecule has 0 spiro atoms. The van der Waals surface area contributed by atoms with Gasteiger partial charge in [0, 0.05) is 12.1 Å². The number of hydrazone groups is 1. The molecule has 2 amide bonds. The number of para-hydroxylation sites is 1. The molecule has 3 aromatic carbocycles. The van der Waals surface area contributed by atoms with Gasteiger partial charge in [0.2, 0.25) is 5.91 Å². The van der Waals surface area contributed by atoms with Crippen molar-refractivity contribution in [3.63, 3.8) is 0 Å². The van der Waals surface area contributed by atoms with Crippen LogP contribution in [0.3, 0.4) is 0 Å². The Balaban J connectivity index is 1.60. The fourth-order valence-corrected chi connectivity index (χ4v) is 4.28. The van der Waals surface area contributed by atoms with Crippen LogP contribution in [-0.4, -0.2) is 28.5 Å². The van der Waals surface area contributed by atoms with E-state index in [1.54, 1.807) is 30.3 Å². The lowest BCUT2D eigenvalue weighted by atomic mass is 9.92. The zero-order valence-corrected chi connectivity index (χ0v) is 17.7. The summed E-state index contributed by atoms with van der Waals surface area (Å²) in [4.78, 5) is 38.2. The highest BCUT2D eigenvalue weighted by Crippen LogP contribution is 2.40. The van der Waals surface area contributed by atoms with Crippen molar-refractivity contribution in [3.05, 3.63) is 100 Å². The molecule has 1 saturated heterocycles. The SMILES string of the molecule is O=C1[C@@H]2C(c3ccc([N+](=O)[O-])cc3)=NN(c3ccccc3)[C@@H]2C(=O)N1c1cccc(C(F)(F)F)c1. The van der Waals surface area contributed by atoms with Gasteiger partial charge in [-0.25, -0.2) is 4.90 Å². The number of carbonyl (C=O) groups excluding carboxylic acids is 2. The van der Waals surface area contributed by atoms with Gasteiger partial charge >= 0.3 is 6.18 Å². The summed E-state index contributed by atoms with van der Waals surface area (Å²) in [5.74, 6) is -2.56. The van der Waals surface area contributed by atoms with Gasteiger partial charge in [-0.15, -0.1) is 0 Å². The highest BCUT2D eigenvalue weighted by molar-refractivity contribution is 6.34. The van der Waals surface area contributed by atoms with E-state index in [9.17, 15) is 32.9 Å². The van der Waals surface area contributed by atoms with E-state index >= 15 is 0 Å². The van der Waals surface area contributed by atoms with Crippen molar-refractivity contribution >= 4 is 34.6 Å². The maximum Gasteiger partial charge on any atom is 0.416 e. The van der Waals surface area contributed by atoms with Gasteiger partial charge in [0.15, 0.2) is 0 Å². The van der Waals surface area contributed by atoms with Crippen molar-refractivity contribution in [2.45, 2.75) is 12.2 Å². The van der Waals surface area contributed by atoms with E-state index < -0.39 is 40.4 Å². The number of benzene rings is 3.